The van der Waals surface area contributed by atoms with Gasteiger partial charge in [-0.25, -0.2) is 0 Å². The number of piperidine rings is 1. The zero-order valence-electron chi connectivity index (χ0n) is 14.1. The van der Waals surface area contributed by atoms with Crippen LogP contribution in [0.1, 0.15) is 44.6 Å². The summed E-state index contributed by atoms with van der Waals surface area (Å²) in [4.78, 5) is 14.4. The van der Waals surface area contributed by atoms with Gasteiger partial charge < -0.3 is 10.6 Å². The van der Waals surface area contributed by atoms with Crippen molar-refractivity contribution in [1.29, 1.82) is 0 Å². The Morgan fingerprint density at radius 1 is 1.36 bits per heavy atom. The number of hydrogen-bond acceptors (Lipinski definition) is 3. The molecule has 2 N–H and O–H groups in total. The quantitative estimate of drug-likeness (QED) is 0.849. The number of rotatable bonds is 6. The predicted octanol–water partition coefficient (Wildman–Crippen LogP) is 2.82. The monoisotopic (exact) mass is 303 g/mol. The fourth-order valence-corrected chi connectivity index (χ4v) is 2.97. The third-order valence-corrected chi connectivity index (χ3v) is 4.66. The lowest BCUT2D eigenvalue weighted by Crippen LogP contribution is -2.46. The summed E-state index contributed by atoms with van der Waals surface area (Å²) in [6.07, 6.45) is 3.49. The van der Waals surface area contributed by atoms with Gasteiger partial charge in [0.05, 0.1) is 6.54 Å². The number of nitrogens with one attached hydrogen (secondary N) is 2. The average molecular weight is 303 g/mol. The molecule has 1 saturated heterocycles. The molecule has 1 aliphatic heterocycles. The second kappa shape index (κ2) is 8.30. The molecule has 0 saturated carbocycles. The average Bonchev–Trinajstić information content (AvgIpc) is 2.55. The van der Waals surface area contributed by atoms with Crippen molar-refractivity contribution < 1.29 is 4.79 Å². The maximum Gasteiger partial charge on any atom is 0.238 e. The smallest absolute Gasteiger partial charge is 0.238 e. The Balaban J connectivity index is 1.84. The van der Waals surface area contributed by atoms with E-state index in [2.05, 4.69) is 41.5 Å². The molecular weight excluding hydrogens is 274 g/mol. The third kappa shape index (κ3) is 4.82. The lowest BCUT2D eigenvalue weighted by molar-refractivity contribution is -0.117. The Kier molecular flexibility index (Phi) is 6.40. The van der Waals surface area contributed by atoms with E-state index in [-0.39, 0.29) is 5.91 Å². The van der Waals surface area contributed by atoms with Crippen LogP contribution in [-0.2, 0) is 4.79 Å². The summed E-state index contributed by atoms with van der Waals surface area (Å²) >= 11 is 0. The van der Waals surface area contributed by atoms with Gasteiger partial charge in [-0.15, -0.1) is 0 Å². The van der Waals surface area contributed by atoms with Crippen LogP contribution in [0.3, 0.4) is 0 Å². The molecule has 0 bridgehead atoms. The summed E-state index contributed by atoms with van der Waals surface area (Å²) in [6.45, 7) is 6.86. The van der Waals surface area contributed by atoms with E-state index in [4.69, 9.17) is 0 Å². The number of likely N-dealkylation sites (tertiary alicyclic amines) is 1. The molecule has 1 aromatic carbocycles. The van der Waals surface area contributed by atoms with Gasteiger partial charge in [0, 0.05) is 18.3 Å². The molecule has 0 radical (unpaired) electrons. The van der Waals surface area contributed by atoms with Crippen molar-refractivity contribution >= 4 is 11.6 Å². The number of anilines is 1. The first-order valence-electron chi connectivity index (χ1n) is 8.41. The van der Waals surface area contributed by atoms with Crippen molar-refractivity contribution in [3.8, 4) is 0 Å². The number of carbonyl (C=O) groups excluding carboxylic acids is 1. The lowest BCUT2D eigenvalue weighted by Gasteiger charge is -2.31. The molecule has 1 aromatic rings. The first kappa shape index (κ1) is 17.0. The minimum Gasteiger partial charge on any atom is -0.325 e. The summed E-state index contributed by atoms with van der Waals surface area (Å²) in [5.41, 5.74) is 2.22. The van der Waals surface area contributed by atoms with E-state index in [1.165, 1.54) is 12.0 Å². The van der Waals surface area contributed by atoms with Crippen LogP contribution in [0.25, 0.3) is 0 Å². The summed E-state index contributed by atoms with van der Waals surface area (Å²) in [5.74, 6) is 0.643. The summed E-state index contributed by atoms with van der Waals surface area (Å²) in [6, 6.07) is 8.75. The Labute approximate surface area is 134 Å². The number of nitrogens with zero attached hydrogens (tertiary/aromatic N) is 1. The zero-order chi connectivity index (χ0) is 15.9. The van der Waals surface area contributed by atoms with Gasteiger partial charge >= 0.3 is 0 Å². The Morgan fingerprint density at radius 3 is 2.73 bits per heavy atom. The highest BCUT2D eigenvalue weighted by Gasteiger charge is 2.20. The highest BCUT2D eigenvalue weighted by Crippen LogP contribution is 2.20. The molecule has 0 aromatic heterocycles. The molecule has 4 nitrogen and oxygen atoms in total. The zero-order valence-corrected chi connectivity index (χ0v) is 14.1. The van der Waals surface area contributed by atoms with E-state index in [0.29, 0.717) is 18.5 Å². The van der Waals surface area contributed by atoms with Gasteiger partial charge in [0.25, 0.3) is 0 Å². The van der Waals surface area contributed by atoms with Gasteiger partial charge in [-0.2, -0.15) is 0 Å². The molecule has 1 fully saturated rings. The lowest BCUT2D eigenvalue weighted by atomic mass is 9.99. The van der Waals surface area contributed by atoms with Gasteiger partial charge in [0.15, 0.2) is 0 Å². The molecule has 1 amide bonds. The van der Waals surface area contributed by atoms with E-state index in [0.717, 1.165) is 31.6 Å². The number of likely N-dealkylation sites (N-methyl/N-ethyl adjacent to an activating group) is 1. The highest BCUT2D eigenvalue weighted by molar-refractivity contribution is 5.92. The molecule has 2 rings (SSSR count). The number of carbonyl (C=O) groups is 1. The fourth-order valence-electron chi connectivity index (χ4n) is 2.97. The maximum atomic E-state index is 12.2. The van der Waals surface area contributed by atoms with E-state index in [1.807, 2.05) is 19.2 Å². The van der Waals surface area contributed by atoms with Crippen LogP contribution >= 0.6 is 0 Å². The van der Waals surface area contributed by atoms with Gasteiger partial charge in [0.1, 0.15) is 0 Å². The van der Waals surface area contributed by atoms with Crippen molar-refractivity contribution in [2.24, 2.45) is 0 Å². The van der Waals surface area contributed by atoms with Crippen molar-refractivity contribution in [1.82, 2.24) is 10.2 Å². The molecule has 22 heavy (non-hydrogen) atoms. The Bertz CT molecular complexity index is 472. The highest BCUT2D eigenvalue weighted by atomic mass is 16.2. The predicted molar refractivity (Wildman–Crippen MR) is 92.3 cm³/mol. The molecule has 122 valence electrons. The van der Waals surface area contributed by atoms with Crippen LogP contribution in [-0.4, -0.2) is 43.5 Å². The minimum absolute atomic E-state index is 0.0769. The fraction of sp³-hybridized carbons (Fsp3) is 0.611. The molecule has 1 aliphatic rings. The van der Waals surface area contributed by atoms with Crippen LogP contribution in [0.15, 0.2) is 24.3 Å². The Morgan fingerprint density at radius 2 is 2.09 bits per heavy atom. The van der Waals surface area contributed by atoms with E-state index < -0.39 is 0 Å². The standard InChI is InChI=1S/C18H29N3O/c1-4-14(2)15-7-9-16(10-8-15)20-18(22)13-21-11-5-6-17(12-21)19-3/h7-10,14,17,19H,4-6,11-13H2,1-3H3,(H,20,22). The van der Waals surface area contributed by atoms with Crippen molar-refractivity contribution in [3.63, 3.8) is 0 Å². The van der Waals surface area contributed by atoms with Crippen LogP contribution in [0, 0.1) is 0 Å². The van der Waals surface area contributed by atoms with Gasteiger partial charge in [-0.1, -0.05) is 26.0 Å². The van der Waals surface area contributed by atoms with Gasteiger partial charge in [-0.05, 0) is 56.5 Å². The largest absolute Gasteiger partial charge is 0.325 e. The summed E-state index contributed by atoms with van der Waals surface area (Å²) in [5, 5.41) is 6.31. The van der Waals surface area contributed by atoms with Crippen molar-refractivity contribution in [2.45, 2.75) is 45.1 Å². The molecule has 2 atom stereocenters. The van der Waals surface area contributed by atoms with Crippen LogP contribution < -0.4 is 10.6 Å². The molecular formula is C18H29N3O. The second-order valence-corrected chi connectivity index (χ2v) is 6.34. The summed E-state index contributed by atoms with van der Waals surface area (Å²) < 4.78 is 0. The Hall–Kier alpha value is -1.39. The third-order valence-electron chi connectivity index (χ3n) is 4.66. The number of amides is 1. The van der Waals surface area contributed by atoms with E-state index in [1.54, 1.807) is 0 Å². The van der Waals surface area contributed by atoms with Crippen LogP contribution in [0.5, 0.6) is 0 Å². The normalized spacial score (nSPS) is 20.6. The van der Waals surface area contributed by atoms with Crippen molar-refractivity contribution in [3.05, 3.63) is 29.8 Å². The van der Waals surface area contributed by atoms with E-state index in [9.17, 15) is 4.79 Å². The molecule has 0 aliphatic carbocycles. The molecule has 4 heteroatoms. The van der Waals surface area contributed by atoms with Crippen LogP contribution in [0.4, 0.5) is 5.69 Å². The van der Waals surface area contributed by atoms with Crippen molar-refractivity contribution in [2.75, 3.05) is 32.0 Å². The topological polar surface area (TPSA) is 44.4 Å². The maximum absolute atomic E-state index is 12.2. The minimum atomic E-state index is 0.0769. The van der Waals surface area contributed by atoms with Gasteiger partial charge in [0.2, 0.25) is 5.91 Å². The SMILES string of the molecule is CCC(C)c1ccc(NC(=O)CN2CCCC(NC)C2)cc1. The summed E-state index contributed by atoms with van der Waals surface area (Å²) in [7, 11) is 1.99. The van der Waals surface area contributed by atoms with Gasteiger partial charge in [-0.3, -0.25) is 9.69 Å². The van der Waals surface area contributed by atoms with Crippen LogP contribution in [0.2, 0.25) is 0 Å². The van der Waals surface area contributed by atoms with E-state index >= 15 is 0 Å². The number of hydrogen-bond donors (Lipinski definition) is 2. The molecule has 1 heterocycles. The number of benzene rings is 1. The first-order chi connectivity index (χ1) is 10.6. The second-order valence-electron chi connectivity index (χ2n) is 6.34. The molecule has 2 unspecified atom stereocenters. The first-order valence-corrected chi connectivity index (χ1v) is 8.41. The molecule has 0 spiro atoms.